The van der Waals surface area contributed by atoms with Crippen molar-refractivity contribution in [2.24, 2.45) is 0 Å². The lowest BCUT2D eigenvalue weighted by Crippen LogP contribution is -2.45. The molecule has 8 nitrogen and oxygen atoms in total. The summed E-state index contributed by atoms with van der Waals surface area (Å²) in [5.74, 6) is -1.93. The number of amides is 3. The van der Waals surface area contributed by atoms with Crippen molar-refractivity contribution < 1.29 is 19.3 Å². The summed E-state index contributed by atoms with van der Waals surface area (Å²) in [6.07, 6.45) is 0.0476. The van der Waals surface area contributed by atoms with Crippen molar-refractivity contribution in [2.75, 3.05) is 0 Å². The van der Waals surface area contributed by atoms with Gasteiger partial charge in [0.05, 0.1) is 4.92 Å². The van der Waals surface area contributed by atoms with Gasteiger partial charge in [-0.3, -0.25) is 29.9 Å². The second-order valence-electron chi connectivity index (χ2n) is 3.84. The zero-order valence-electron chi connectivity index (χ0n) is 9.66. The molecule has 2 rings (SSSR count). The average Bonchev–Trinajstić information content (AvgIpc) is 2.70. The molecule has 1 aliphatic heterocycles. The van der Waals surface area contributed by atoms with Gasteiger partial charge in [-0.25, -0.2) is 0 Å². The standard InChI is InChI=1S/C11H9N3O5/c15-9-5-6-10(16)13(9)12-11(17)7-3-1-2-4-8(7)14(18)19/h1-4H,5-6H2,(H,12,17). The summed E-state index contributed by atoms with van der Waals surface area (Å²) in [4.78, 5) is 44.6. The van der Waals surface area contributed by atoms with Crippen LogP contribution in [-0.4, -0.2) is 27.7 Å². The summed E-state index contributed by atoms with van der Waals surface area (Å²) in [6.45, 7) is 0. The third-order valence-corrected chi connectivity index (χ3v) is 2.61. The number of carbonyl (C=O) groups excluding carboxylic acids is 3. The molecule has 1 heterocycles. The van der Waals surface area contributed by atoms with Crippen LogP contribution < -0.4 is 5.43 Å². The van der Waals surface area contributed by atoms with Gasteiger partial charge in [0, 0.05) is 18.9 Å². The van der Waals surface area contributed by atoms with Gasteiger partial charge in [-0.1, -0.05) is 12.1 Å². The molecule has 0 aromatic heterocycles. The number of nitro groups is 1. The second kappa shape index (κ2) is 4.84. The molecule has 8 heteroatoms. The lowest BCUT2D eigenvalue weighted by atomic mass is 10.2. The van der Waals surface area contributed by atoms with Crippen molar-refractivity contribution in [1.82, 2.24) is 10.4 Å². The fraction of sp³-hybridized carbons (Fsp3) is 0.182. The quantitative estimate of drug-likeness (QED) is 0.482. The lowest BCUT2D eigenvalue weighted by Gasteiger charge is -2.14. The van der Waals surface area contributed by atoms with Gasteiger partial charge in [0.25, 0.3) is 11.6 Å². The van der Waals surface area contributed by atoms with E-state index < -0.39 is 22.6 Å². The lowest BCUT2D eigenvalue weighted by molar-refractivity contribution is -0.385. The maximum Gasteiger partial charge on any atom is 0.282 e. The van der Waals surface area contributed by atoms with Crippen LogP contribution in [0.3, 0.4) is 0 Å². The van der Waals surface area contributed by atoms with Crippen LogP contribution in [0.15, 0.2) is 24.3 Å². The van der Waals surface area contributed by atoms with E-state index in [1.54, 1.807) is 0 Å². The van der Waals surface area contributed by atoms with Crippen LogP contribution in [0.5, 0.6) is 0 Å². The van der Waals surface area contributed by atoms with Crippen LogP contribution in [-0.2, 0) is 9.59 Å². The average molecular weight is 263 g/mol. The van der Waals surface area contributed by atoms with E-state index in [-0.39, 0.29) is 24.1 Å². The Balaban J connectivity index is 2.23. The first kappa shape index (κ1) is 12.7. The third kappa shape index (κ3) is 2.41. The van der Waals surface area contributed by atoms with Gasteiger partial charge in [0.15, 0.2) is 0 Å². The largest absolute Gasteiger partial charge is 0.282 e. The van der Waals surface area contributed by atoms with Gasteiger partial charge in [-0.2, -0.15) is 5.01 Å². The summed E-state index contributed by atoms with van der Waals surface area (Å²) in [7, 11) is 0. The van der Waals surface area contributed by atoms with E-state index >= 15 is 0 Å². The van der Waals surface area contributed by atoms with Gasteiger partial charge < -0.3 is 0 Å². The second-order valence-corrected chi connectivity index (χ2v) is 3.84. The molecule has 0 bridgehead atoms. The Morgan fingerprint density at radius 2 is 1.79 bits per heavy atom. The molecule has 1 N–H and O–H groups in total. The number of rotatable bonds is 3. The summed E-state index contributed by atoms with van der Waals surface area (Å²) in [5.41, 5.74) is 1.48. The number of carbonyl (C=O) groups is 3. The molecule has 1 aromatic rings. The van der Waals surface area contributed by atoms with E-state index in [2.05, 4.69) is 5.43 Å². The van der Waals surface area contributed by atoms with Crippen molar-refractivity contribution in [3.63, 3.8) is 0 Å². The smallest absolute Gasteiger partial charge is 0.273 e. The van der Waals surface area contributed by atoms with Crippen molar-refractivity contribution in [2.45, 2.75) is 12.8 Å². The number of imide groups is 1. The van der Waals surface area contributed by atoms with Crippen LogP contribution in [0, 0.1) is 10.1 Å². The molecule has 0 spiro atoms. The number of nitrogens with one attached hydrogen (secondary N) is 1. The Kier molecular flexibility index (Phi) is 3.23. The zero-order chi connectivity index (χ0) is 14.0. The number of hydrogen-bond acceptors (Lipinski definition) is 5. The van der Waals surface area contributed by atoms with Gasteiger partial charge in [0.1, 0.15) is 5.56 Å². The molecule has 19 heavy (non-hydrogen) atoms. The number of hydrogen-bond donors (Lipinski definition) is 1. The molecule has 0 atom stereocenters. The normalized spacial score (nSPS) is 14.6. The van der Waals surface area contributed by atoms with Gasteiger partial charge >= 0.3 is 0 Å². The minimum absolute atomic E-state index is 0.0238. The fourth-order valence-corrected chi connectivity index (χ4v) is 1.69. The molecule has 1 fully saturated rings. The maximum atomic E-state index is 11.9. The zero-order valence-corrected chi connectivity index (χ0v) is 9.66. The first-order valence-electron chi connectivity index (χ1n) is 5.41. The van der Waals surface area contributed by atoms with Crippen LogP contribution in [0.2, 0.25) is 0 Å². The minimum atomic E-state index is -0.865. The molecule has 1 saturated heterocycles. The topological polar surface area (TPSA) is 110 Å². The van der Waals surface area contributed by atoms with Crippen molar-refractivity contribution in [3.05, 3.63) is 39.9 Å². The Morgan fingerprint density at radius 1 is 1.21 bits per heavy atom. The van der Waals surface area contributed by atoms with Gasteiger partial charge in [-0.05, 0) is 6.07 Å². The molecule has 0 aliphatic carbocycles. The molecule has 0 saturated carbocycles. The van der Waals surface area contributed by atoms with E-state index in [1.807, 2.05) is 0 Å². The fourth-order valence-electron chi connectivity index (χ4n) is 1.69. The van der Waals surface area contributed by atoms with Gasteiger partial charge in [-0.15, -0.1) is 0 Å². The summed E-state index contributed by atoms with van der Waals surface area (Å²) in [5, 5.41) is 11.4. The summed E-state index contributed by atoms with van der Waals surface area (Å²) < 4.78 is 0. The molecule has 1 aromatic carbocycles. The molecule has 0 radical (unpaired) electrons. The highest BCUT2D eigenvalue weighted by molar-refractivity contribution is 6.06. The van der Waals surface area contributed by atoms with E-state index in [0.717, 1.165) is 0 Å². The minimum Gasteiger partial charge on any atom is -0.273 e. The maximum absolute atomic E-state index is 11.9. The SMILES string of the molecule is O=C(NN1C(=O)CCC1=O)c1ccccc1[N+](=O)[O-]. The van der Waals surface area contributed by atoms with Crippen LogP contribution in [0.1, 0.15) is 23.2 Å². The van der Waals surface area contributed by atoms with E-state index in [1.165, 1.54) is 24.3 Å². The predicted octanol–water partition coefficient (Wildman–Crippen LogP) is 0.389. The van der Waals surface area contributed by atoms with E-state index in [9.17, 15) is 24.5 Å². The highest BCUT2D eigenvalue weighted by atomic mass is 16.6. The monoisotopic (exact) mass is 263 g/mol. The molecule has 3 amide bonds. The Hall–Kier alpha value is -2.77. The summed E-state index contributed by atoms with van der Waals surface area (Å²) in [6, 6.07) is 5.29. The third-order valence-electron chi connectivity index (χ3n) is 2.61. The van der Waals surface area contributed by atoms with Crippen LogP contribution in [0.4, 0.5) is 5.69 Å². The molecule has 0 unspecified atom stereocenters. The molecular weight excluding hydrogens is 254 g/mol. The molecule has 98 valence electrons. The number of para-hydroxylation sites is 1. The van der Waals surface area contributed by atoms with E-state index in [4.69, 9.17) is 0 Å². The Bertz CT molecular complexity index is 567. The number of hydrazine groups is 1. The highest BCUT2D eigenvalue weighted by Crippen LogP contribution is 2.18. The van der Waals surface area contributed by atoms with Crippen molar-refractivity contribution in [3.8, 4) is 0 Å². The van der Waals surface area contributed by atoms with Gasteiger partial charge in [0.2, 0.25) is 11.8 Å². The van der Waals surface area contributed by atoms with Crippen molar-refractivity contribution in [1.29, 1.82) is 0 Å². The molecular formula is C11H9N3O5. The Labute approximate surface area is 107 Å². The van der Waals surface area contributed by atoms with E-state index in [0.29, 0.717) is 5.01 Å². The summed E-state index contributed by atoms with van der Waals surface area (Å²) >= 11 is 0. The number of benzene rings is 1. The van der Waals surface area contributed by atoms with Crippen LogP contribution >= 0.6 is 0 Å². The first-order valence-corrected chi connectivity index (χ1v) is 5.41. The van der Waals surface area contributed by atoms with Crippen LogP contribution in [0.25, 0.3) is 0 Å². The molecule has 1 aliphatic rings. The number of nitrogens with zero attached hydrogens (tertiary/aromatic N) is 2. The number of nitro benzene ring substituents is 1. The Morgan fingerprint density at radius 3 is 2.37 bits per heavy atom. The predicted molar refractivity (Wildman–Crippen MR) is 61.6 cm³/mol. The van der Waals surface area contributed by atoms with Crippen molar-refractivity contribution >= 4 is 23.4 Å². The first-order chi connectivity index (χ1) is 9.00. The highest BCUT2D eigenvalue weighted by Gasteiger charge is 2.32.